The maximum Gasteiger partial charge on any atom is 0.127 e. The molecule has 1 aliphatic rings. The van der Waals surface area contributed by atoms with E-state index >= 15 is 0 Å². The monoisotopic (exact) mass is 265 g/mol. The molecule has 1 saturated carbocycles. The van der Waals surface area contributed by atoms with Crippen LogP contribution in [-0.2, 0) is 4.74 Å². The number of nitrogens with one attached hydrogen (secondary N) is 1. The van der Waals surface area contributed by atoms with E-state index in [0.717, 1.165) is 18.6 Å². The molecular weight excluding hydrogens is 241 g/mol. The molecule has 2 rings (SSSR count). The number of hydrogen-bond donors (Lipinski definition) is 1. The predicted octanol–water partition coefficient (Wildman–Crippen LogP) is 3.68. The van der Waals surface area contributed by atoms with Gasteiger partial charge in [-0.25, -0.2) is 4.39 Å². The van der Waals surface area contributed by atoms with E-state index in [-0.39, 0.29) is 17.3 Å². The van der Waals surface area contributed by atoms with Crippen molar-refractivity contribution < 1.29 is 9.13 Å². The van der Waals surface area contributed by atoms with Gasteiger partial charge in [0.15, 0.2) is 0 Å². The minimum atomic E-state index is -0.138. The molecule has 1 aromatic rings. The molecule has 2 nitrogen and oxygen atoms in total. The molecule has 0 aliphatic heterocycles. The van der Waals surface area contributed by atoms with Crippen molar-refractivity contribution in [2.45, 2.75) is 52.3 Å². The second kappa shape index (κ2) is 5.59. The maximum atomic E-state index is 13.7. The zero-order chi connectivity index (χ0) is 14.0. The van der Waals surface area contributed by atoms with Gasteiger partial charge in [-0.15, -0.1) is 0 Å². The Hall–Kier alpha value is -0.930. The van der Waals surface area contributed by atoms with E-state index in [2.05, 4.69) is 19.2 Å². The number of halogens is 1. The molecule has 106 valence electrons. The van der Waals surface area contributed by atoms with Gasteiger partial charge in [-0.05, 0) is 26.3 Å². The average molecular weight is 265 g/mol. The van der Waals surface area contributed by atoms with Crippen LogP contribution < -0.4 is 5.32 Å². The number of rotatable bonds is 5. The van der Waals surface area contributed by atoms with Crippen LogP contribution in [0.2, 0.25) is 0 Å². The number of ether oxygens (including phenoxy) is 1. The summed E-state index contributed by atoms with van der Waals surface area (Å²) < 4.78 is 19.5. The average Bonchev–Trinajstić information content (AvgIpc) is 2.38. The van der Waals surface area contributed by atoms with E-state index in [4.69, 9.17) is 4.74 Å². The molecule has 0 saturated heterocycles. The SMILES string of the molecule is CCOC1CC(NC(C)c2ccccc2F)C1(C)C. The summed E-state index contributed by atoms with van der Waals surface area (Å²) in [5.41, 5.74) is 0.841. The molecule has 3 unspecified atom stereocenters. The van der Waals surface area contributed by atoms with E-state index in [1.54, 1.807) is 6.07 Å². The summed E-state index contributed by atoms with van der Waals surface area (Å²) in [6.45, 7) is 9.22. The van der Waals surface area contributed by atoms with Crippen LogP contribution in [-0.4, -0.2) is 18.8 Å². The minimum Gasteiger partial charge on any atom is -0.378 e. The third kappa shape index (κ3) is 2.82. The van der Waals surface area contributed by atoms with E-state index in [1.807, 2.05) is 26.0 Å². The van der Waals surface area contributed by atoms with E-state index in [9.17, 15) is 4.39 Å². The van der Waals surface area contributed by atoms with Gasteiger partial charge in [0.1, 0.15) is 5.82 Å². The first kappa shape index (κ1) is 14.5. The lowest BCUT2D eigenvalue weighted by Crippen LogP contribution is -2.61. The highest BCUT2D eigenvalue weighted by Gasteiger charge is 2.49. The van der Waals surface area contributed by atoms with Gasteiger partial charge < -0.3 is 10.1 Å². The Labute approximate surface area is 115 Å². The van der Waals surface area contributed by atoms with Crippen molar-refractivity contribution in [2.75, 3.05) is 6.61 Å². The molecule has 19 heavy (non-hydrogen) atoms. The topological polar surface area (TPSA) is 21.3 Å². The first-order valence-electron chi connectivity index (χ1n) is 7.09. The van der Waals surface area contributed by atoms with Crippen molar-refractivity contribution in [3.63, 3.8) is 0 Å². The van der Waals surface area contributed by atoms with Crippen LogP contribution in [0, 0.1) is 11.2 Å². The van der Waals surface area contributed by atoms with Gasteiger partial charge in [0.25, 0.3) is 0 Å². The lowest BCUT2D eigenvalue weighted by atomic mass is 9.64. The fraction of sp³-hybridized carbons (Fsp3) is 0.625. The molecule has 0 amide bonds. The van der Waals surface area contributed by atoms with Gasteiger partial charge in [0.2, 0.25) is 0 Å². The van der Waals surface area contributed by atoms with E-state index in [0.29, 0.717) is 12.1 Å². The summed E-state index contributed by atoms with van der Waals surface area (Å²) in [7, 11) is 0. The molecule has 0 aromatic heterocycles. The first-order valence-corrected chi connectivity index (χ1v) is 7.09. The number of hydrogen-bond acceptors (Lipinski definition) is 2. The highest BCUT2D eigenvalue weighted by molar-refractivity contribution is 5.21. The quantitative estimate of drug-likeness (QED) is 0.877. The molecule has 0 bridgehead atoms. The van der Waals surface area contributed by atoms with Gasteiger partial charge in [0.05, 0.1) is 6.10 Å². The second-order valence-corrected chi connectivity index (χ2v) is 5.96. The molecule has 1 aliphatic carbocycles. The second-order valence-electron chi connectivity index (χ2n) is 5.96. The van der Waals surface area contributed by atoms with Crippen LogP contribution in [0.25, 0.3) is 0 Å². The Kier molecular flexibility index (Phi) is 4.26. The lowest BCUT2D eigenvalue weighted by molar-refractivity contribution is -0.116. The van der Waals surface area contributed by atoms with Gasteiger partial charge in [-0.1, -0.05) is 32.0 Å². The van der Waals surface area contributed by atoms with Crippen LogP contribution in [0.3, 0.4) is 0 Å². The molecule has 1 N–H and O–H groups in total. The van der Waals surface area contributed by atoms with Crippen molar-refractivity contribution >= 4 is 0 Å². The largest absolute Gasteiger partial charge is 0.378 e. The zero-order valence-electron chi connectivity index (χ0n) is 12.2. The molecule has 1 fully saturated rings. The van der Waals surface area contributed by atoms with Crippen LogP contribution in [0.1, 0.15) is 45.7 Å². The van der Waals surface area contributed by atoms with Crippen LogP contribution in [0.15, 0.2) is 24.3 Å². The fourth-order valence-electron chi connectivity index (χ4n) is 2.87. The Balaban J connectivity index is 1.98. The molecule has 3 atom stereocenters. The van der Waals surface area contributed by atoms with Crippen molar-refractivity contribution in [1.29, 1.82) is 0 Å². The minimum absolute atomic E-state index is 0.0213. The number of benzene rings is 1. The van der Waals surface area contributed by atoms with Crippen LogP contribution >= 0.6 is 0 Å². The molecule has 0 radical (unpaired) electrons. The van der Waals surface area contributed by atoms with E-state index in [1.165, 1.54) is 6.07 Å². The summed E-state index contributed by atoms with van der Waals surface area (Å²) in [4.78, 5) is 0. The van der Waals surface area contributed by atoms with Gasteiger partial charge >= 0.3 is 0 Å². The van der Waals surface area contributed by atoms with Crippen molar-refractivity contribution in [1.82, 2.24) is 5.32 Å². The highest BCUT2D eigenvalue weighted by Crippen LogP contribution is 2.43. The van der Waals surface area contributed by atoms with Gasteiger partial charge in [-0.2, -0.15) is 0 Å². The molecule has 1 aromatic carbocycles. The molecule has 0 spiro atoms. The third-order valence-electron chi connectivity index (χ3n) is 4.37. The van der Waals surface area contributed by atoms with Gasteiger partial charge in [0, 0.05) is 29.7 Å². The van der Waals surface area contributed by atoms with E-state index < -0.39 is 0 Å². The highest BCUT2D eigenvalue weighted by atomic mass is 19.1. The summed E-state index contributed by atoms with van der Waals surface area (Å²) in [5.74, 6) is -0.138. The lowest BCUT2D eigenvalue weighted by Gasteiger charge is -2.52. The normalized spacial score (nSPS) is 26.8. The smallest absolute Gasteiger partial charge is 0.127 e. The Morgan fingerprint density at radius 2 is 2.11 bits per heavy atom. The molecular formula is C16H24FNO. The van der Waals surface area contributed by atoms with Crippen molar-refractivity contribution in [2.24, 2.45) is 5.41 Å². The summed E-state index contributed by atoms with van der Waals surface area (Å²) in [6, 6.07) is 7.36. The van der Waals surface area contributed by atoms with Crippen LogP contribution in [0.5, 0.6) is 0 Å². The van der Waals surface area contributed by atoms with Crippen LogP contribution in [0.4, 0.5) is 4.39 Å². The van der Waals surface area contributed by atoms with Crippen molar-refractivity contribution in [3.8, 4) is 0 Å². The van der Waals surface area contributed by atoms with Gasteiger partial charge in [-0.3, -0.25) is 0 Å². The standard InChI is InChI=1S/C16H24FNO/c1-5-19-15-10-14(16(15,3)4)18-11(2)12-8-6-7-9-13(12)17/h6-9,11,14-15,18H,5,10H2,1-4H3. The first-order chi connectivity index (χ1) is 8.96. The summed E-state index contributed by atoms with van der Waals surface area (Å²) in [5, 5.41) is 3.53. The Morgan fingerprint density at radius 3 is 2.68 bits per heavy atom. The van der Waals surface area contributed by atoms with Crippen molar-refractivity contribution in [3.05, 3.63) is 35.6 Å². The Morgan fingerprint density at radius 1 is 1.42 bits per heavy atom. The zero-order valence-corrected chi connectivity index (χ0v) is 12.2. The molecule has 0 heterocycles. The predicted molar refractivity (Wildman–Crippen MR) is 75.6 cm³/mol. The summed E-state index contributed by atoms with van der Waals surface area (Å²) in [6.07, 6.45) is 1.31. The Bertz CT molecular complexity index is 433. The molecule has 3 heteroatoms. The summed E-state index contributed by atoms with van der Waals surface area (Å²) >= 11 is 0. The maximum absolute atomic E-state index is 13.7. The fourth-order valence-corrected chi connectivity index (χ4v) is 2.87. The third-order valence-corrected chi connectivity index (χ3v) is 4.37.